The summed E-state index contributed by atoms with van der Waals surface area (Å²) in [5.74, 6) is 0.951. The molecule has 2 aromatic carbocycles. The SMILES string of the molecule is CCOC(=O)c1c(C)oc2ccc(-c3nc4ccccc4[nH]3)cc12. The van der Waals surface area contributed by atoms with Gasteiger partial charge in [0.2, 0.25) is 0 Å². The Bertz CT molecular complexity index is 1030. The number of nitrogens with zero attached hydrogens (tertiary/aromatic N) is 1. The summed E-state index contributed by atoms with van der Waals surface area (Å²) in [5.41, 5.74) is 3.91. The predicted octanol–water partition coefficient (Wildman–Crippen LogP) is 4.46. The average Bonchev–Trinajstić information content (AvgIpc) is 3.14. The van der Waals surface area contributed by atoms with Gasteiger partial charge in [-0.3, -0.25) is 0 Å². The van der Waals surface area contributed by atoms with Crippen molar-refractivity contribution < 1.29 is 13.9 Å². The van der Waals surface area contributed by atoms with Crippen molar-refractivity contribution in [2.45, 2.75) is 13.8 Å². The molecule has 1 N–H and O–H groups in total. The van der Waals surface area contributed by atoms with Crippen LogP contribution in [0.1, 0.15) is 23.0 Å². The summed E-state index contributed by atoms with van der Waals surface area (Å²) in [6, 6.07) is 13.6. The van der Waals surface area contributed by atoms with Crippen molar-refractivity contribution in [2.75, 3.05) is 6.61 Å². The summed E-state index contributed by atoms with van der Waals surface area (Å²) in [4.78, 5) is 20.1. The maximum Gasteiger partial charge on any atom is 0.342 e. The van der Waals surface area contributed by atoms with Crippen LogP contribution in [0.25, 0.3) is 33.4 Å². The molecule has 0 amide bonds. The van der Waals surface area contributed by atoms with Crippen LogP contribution in [0, 0.1) is 6.92 Å². The number of fused-ring (bicyclic) bond motifs is 2. The third kappa shape index (κ3) is 2.25. The first-order valence-electron chi connectivity index (χ1n) is 7.82. The topological polar surface area (TPSA) is 68.1 Å². The van der Waals surface area contributed by atoms with Gasteiger partial charge in [0.25, 0.3) is 0 Å². The van der Waals surface area contributed by atoms with Gasteiger partial charge >= 0.3 is 5.97 Å². The second kappa shape index (κ2) is 5.53. The van der Waals surface area contributed by atoms with Crippen molar-refractivity contribution in [1.29, 1.82) is 0 Å². The van der Waals surface area contributed by atoms with Crippen LogP contribution >= 0.6 is 0 Å². The molecular formula is C19H16N2O3. The minimum absolute atomic E-state index is 0.328. The van der Waals surface area contributed by atoms with Crippen molar-refractivity contribution in [3.63, 3.8) is 0 Å². The molecule has 0 radical (unpaired) electrons. The lowest BCUT2D eigenvalue weighted by molar-refractivity contribution is 0.0526. The highest BCUT2D eigenvalue weighted by Gasteiger charge is 2.20. The van der Waals surface area contributed by atoms with Gasteiger partial charge in [0.05, 0.1) is 17.6 Å². The zero-order chi connectivity index (χ0) is 16.7. The molecule has 24 heavy (non-hydrogen) atoms. The summed E-state index contributed by atoms with van der Waals surface area (Å²) in [6.45, 7) is 3.89. The molecule has 0 bridgehead atoms. The number of aryl methyl sites for hydroxylation is 1. The number of hydrogen-bond acceptors (Lipinski definition) is 4. The highest BCUT2D eigenvalue weighted by atomic mass is 16.5. The number of esters is 1. The lowest BCUT2D eigenvalue weighted by Crippen LogP contribution is -2.05. The number of aromatic amines is 1. The van der Waals surface area contributed by atoms with E-state index in [9.17, 15) is 4.79 Å². The van der Waals surface area contributed by atoms with E-state index >= 15 is 0 Å². The molecule has 4 rings (SSSR count). The Kier molecular flexibility index (Phi) is 3.34. The van der Waals surface area contributed by atoms with Gasteiger partial charge in [-0.15, -0.1) is 0 Å². The molecule has 120 valence electrons. The van der Waals surface area contributed by atoms with Crippen LogP contribution < -0.4 is 0 Å². The Morgan fingerprint density at radius 1 is 1.25 bits per heavy atom. The second-order valence-electron chi connectivity index (χ2n) is 5.57. The average molecular weight is 320 g/mol. The Morgan fingerprint density at radius 2 is 2.08 bits per heavy atom. The predicted molar refractivity (Wildman–Crippen MR) is 92.0 cm³/mol. The minimum Gasteiger partial charge on any atom is -0.462 e. The molecule has 0 fully saturated rings. The number of H-pyrrole nitrogens is 1. The van der Waals surface area contributed by atoms with E-state index in [4.69, 9.17) is 9.15 Å². The number of ether oxygens (including phenoxy) is 1. The largest absolute Gasteiger partial charge is 0.462 e. The maximum atomic E-state index is 12.2. The first kappa shape index (κ1) is 14.5. The van der Waals surface area contributed by atoms with Gasteiger partial charge in [-0.25, -0.2) is 9.78 Å². The molecule has 2 heterocycles. The fourth-order valence-corrected chi connectivity index (χ4v) is 2.91. The lowest BCUT2D eigenvalue weighted by atomic mass is 10.1. The molecule has 0 atom stereocenters. The van der Waals surface area contributed by atoms with Crippen molar-refractivity contribution in [2.24, 2.45) is 0 Å². The quantitative estimate of drug-likeness (QED) is 0.566. The first-order chi connectivity index (χ1) is 11.7. The molecule has 5 heteroatoms. The summed E-state index contributed by atoms with van der Waals surface area (Å²) in [7, 11) is 0. The number of carbonyl (C=O) groups excluding carboxylic acids is 1. The number of benzene rings is 2. The first-order valence-corrected chi connectivity index (χ1v) is 7.82. The standard InChI is InChI=1S/C19H16N2O3/c1-3-23-19(22)17-11(2)24-16-9-8-12(10-13(16)17)18-20-14-6-4-5-7-15(14)21-18/h4-10H,3H2,1-2H3,(H,20,21). The number of nitrogens with one attached hydrogen (secondary N) is 1. The van der Waals surface area contributed by atoms with E-state index in [0.29, 0.717) is 23.5 Å². The molecule has 4 aromatic rings. The number of aromatic nitrogens is 2. The van der Waals surface area contributed by atoms with Gasteiger partial charge in [-0.05, 0) is 44.2 Å². The van der Waals surface area contributed by atoms with Crippen LogP contribution in [0.3, 0.4) is 0 Å². The Balaban J connectivity index is 1.88. The van der Waals surface area contributed by atoms with E-state index in [1.807, 2.05) is 42.5 Å². The summed E-state index contributed by atoms with van der Waals surface area (Å²) in [5, 5.41) is 0.740. The normalized spacial score (nSPS) is 11.2. The van der Waals surface area contributed by atoms with Gasteiger partial charge in [-0.1, -0.05) is 12.1 Å². The van der Waals surface area contributed by atoms with Crippen LogP contribution in [0.2, 0.25) is 0 Å². The molecule has 2 aromatic heterocycles. The smallest absolute Gasteiger partial charge is 0.342 e. The molecule has 0 aliphatic heterocycles. The van der Waals surface area contributed by atoms with Crippen LogP contribution in [-0.4, -0.2) is 22.5 Å². The molecular weight excluding hydrogens is 304 g/mol. The van der Waals surface area contributed by atoms with E-state index in [1.54, 1.807) is 13.8 Å². The molecule has 0 unspecified atom stereocenters. The van der Waals surface area contributed by atoms with Gasteiger partial charge in [0.1, 0.15) is 22.7 Å². The number of rotatable bonds is 3. The molecule has 0 spiro atoms. The molecule has 0 aliphatic rings. The molecule has 0 saturated heterocycles. The van der Waals surface area contributed by atoms with E-state index < -0.39 is 0 Å². The number of carbonyl (C=O) groups is 1. The summed E-state index contributed by atoms with van der Waals surface area (Å²) in [6.07, 6.45) is 0. The van der Waals surface area contributed by atoms with Gasteiger partial charge in [0.15, 0.2) is 0 Å². The van der Waals surface area contributed by atoms with Gasteiger partial charge in [0, 0.05) is 10.9 Å². The van der Waals surface area contributed by atoms with Gasteiger partial charge < -0.3 is 14.1 Å². The third-order valence-corrected chi connectivity index (χ3v) is 4.01. The molecule has 0 aliphatic carbocycles. The minimum atomic E-state index is -0.365. The highest BCUT2D eigenvalue weighted by Crippen LogP contribution is 2.30. The third-order valence-electron chi connectivity index (χ3n) is 4.01. The molecule has 0 saturated carbocycles. The number of furan rings is 1. The molecule has 5 nitrogen and oxygen atoms in total. The zero-order valence-corrected chi connectivity index (χ0v) is 13.4. The number of para-hydroxylation sites is 2. The van der Waals surface area contributed by atoms with Crippen LogP contribution in [0.4, 0.5) is 0 Å². The Labute approximate surface area is 138 Å². The fraction of sp³-hybridized carbons (Fsp3) is 0.158. The summed E-state index contributed by atoms with van der Waals surface area (Å²) < 4.78 is 10.8. The maximum absolute atomic E-state index is 12.2. The fourth-order valence-electron chi connectivity index (χ4n) is 2.91. The van der Waals surface area contributed by atoms with Crippen LogP contribution in [0.5, 0.6) is 0 Å². The Hall–Kier alpha value is -3.08. The number of hydrogen-bond donors (Lipinski definition) is 1. The van der Waals surface area contributed by atoms with E-state index in [2.05, 4.69) is 9.97 Å². The van der Waals surface area contributed by atoms with Crippen LogP contribution in [-0.2, 0) is 4.74 Å². The van der Waals surface area contributed by atoms with E-state index in [1.165, 1.54) is 0 Å². The van der Waals surface area contributed by atoms with Crippen LogP contribution in [0.15, 0.2) is 46.9 Å². The van der Waals surface area contributed by atoms with Crippen molar-refractivity contribution >= 4 is 28.0 Å². The van der Waals surface area contributed by atoms with Crippen molar-refractivity contribution in [1.82, 2.24) is 9.97 Å². The number of imidazole rings is 1. The second-order valence-corrected chi connectivity index (χ2v) is 5.57. The van der Waals surface area contributed by atoms with Gasteiger partial charge in [-0.2, -0.15) is 0 Å². The lowest BCUT2D eigenvalue weighted by Gasteiger charge is -2.01. The van der Waals surface area contributed by atoms with E-state index in [-0.39, 0.29) is 5.97 Å². The monoisotopic (exact) mass is 320 g/mol. The van der Waals surface area contributed by atoms with Crippen molar-refractivity contribution in [3.8, 4) is 11.4 Å². The highest BCUT2D eigenvalue weighted by molar-refractivity contribution is 6.05. The zero-order valence-electron chi connectivity index (χ0n) is 13.4. The summed E-state index contributed by atoms with van der Waals surface area (Å²) >= 11 is 0. The Morgan fingerprint density at radius 3 is 2.88 bits per heavy atom. The van der Waals surface area contributed by atoms with E-state index in [0.717, 1.165) is 27.8 Å². The van der Waals surface area contributed by atoms with Crippen molar-refractivity contribution in [3.05, 3.63) is 53.8 Å².